The molecular weight excluding hydrogens is 279 g/mol. The van der Waals surface area contributed by atoms with E-state index in [1.807, 2.05) is 0 Å². The standard InChI is InChI=1S/C13H11F5N2/c1-3-19-10-6(2)12(13(16,17)18)20-11-8(15)5-4-7(14)9(10)11/h4-5H,3H2,1-2H3,(H,19,20). The van der Waals surface area contributed by atoms with Crippen LogP contribution in [0, 0.1) is 18.6 Å². The highest BCUT2D eigenvalue weighted by Gasteiger charge is 2.36. The van der Waals surface area contributed by atoms with Gasteiger partial charge in [-0.2, -0.15) is 13.2 Å². The van der Waals surface area contributed by atoms with E-state index in [-0.39, 0.29) is 23.2 Å². The third-order valence-corrected chi connectivity index (χ3v) is 2.90. The van der Waals surface area contributed by atoms with Gasteiger partial charge in [0.2, 0.25) is 0 Å². The Bertz CT molecular complexity index is 664. The second kappa shape index (κ2) is 4.88. The Labute approximate surface area is 111 Å². The van der Waals surface area contributed by atoms with Crippen LogP contribution in [0.1, 0.15) is 18.2 Å². The van der Waals surface area contributed by atoms with Crippen molar-refractivity contribution in [1.82, 2.24) is 4.98 Å². The molecule has 0 spiro atoms. The fourth-order valence-corrected chi connectivity index (χ4v) is 2.06. The van der Waals surface area contributed by atoms with Crippen LogP contribution in [-0.4, -0.2) is 11.5 Å². The van der Waals surface area contributed by atoms with E-state index in [9.17, 15) is 22.0 Å². The molecule has 0 amide bonds. The number of alkyl halides is 3. The highest BCUT2D eigenvalue weighted by molar-refractivity contribution is 5.94. The lowest BCUT2D eigenvalue weighted by atomic mass is 10.1. The van der Waals surface area contributed by atoms with Crippen molar-refractivity contribution in [3.05, 3.63) is 35.0 Å². The first-order valence-electron chi connectivity index (χ1n) is 5.86. The van der Waals surface area contributed by atoms with Crippen molar-refractivity contribution in [2.45, 2.75) is 20.0 Å². The van der Waals surface area contributed by atoms with E-state index in [0.29, 0.717) is 0 Å². The van der Waals surface area contributed by atoms with Crippen LogP contribution in [0.25, 0.3) is 10.9 Å². The molecule has 0 aliphatic carbocycles. The molecule has 7 heteroatoms. The molecule has 0 aliphatic heterocycles. The molecule has 1 aromatic carbocycles. The van der Waals surface area contributed by atoms with Gasteiger partial charge in [0.1, 0.15) is 22.8 Å². The Morgan fingerprint density at radius 1 is 1.15 bits per heavy atom. The fourth-order valence-electron chi connectivity index (χ4n) is 2.06. The Kier molecular flexibility index (Phi) is 3.54. The van der Waals surface area contributed by atoms with Crippen molar-refractivity contribution in [1.29, 1.82) is 0 Å². The molecule has 0 unspecified atom stereocenters. The number of nitrogens with zero attached hydrogens (tertiary/aromatic N) is 1. The van der Waals surface area contributed by atoms with Crippen LogP contribution in [0.15, 0.2) is 12.1 Å². The van der Waals surface area contributed by atoms with Crippen LogP contribution in [0.4, 0.5) is 27.6 Å². The number of aromatic nitrogens is 1. The maximum absolute atomic E-state index is 13.8. The van der Waals surface area contributed by atoms with Gasteiger partial charge in [0, 0.05) is 12.1 Å². The van der Waals surface area contributed by atoms with Crippen molar-refractivity contribution < 1.29 is 22.0 Å². The lowest BCUT2D eigenvalue weighted by Gasteiger charge is -2.17. The number of rotatable bonds is 2. The largest absolute Gasteiger partial charge is 0.433 e. The average molecular weight is 290 g/mol. The average Bonchev–Trinajstić information content (AvgIpc) is 2.35. The van der Waals surface area contributed by atoms with Crippen LogP contribution in [0.3, 0.4) is 0 Å². The van der Waals surface area contributed by atoms with Gasteiger partial charge in [-0.25, -0.2) is 13.8 Å². The highest BCUT2D eigenvalue weighted by atomic mass is 19.4. The van der Waals surface area contributed by atoms with Crippen LogP contribution in [0.2, 0.25) is 0 Å². The first kappa shape index (κ1) is 14.5. The molecule has 1 heterocycles. The Morgan fingerprint density at radius 3 is 2.30 bits per heavy atom. The summed E-state index contributed by atoms with van der Waals surface area (Å²) in [5, 5.41) is 2.39. The number of benzene rings is 1. The zero-order valence-corrected chi connectivity index (χ0v) is 10.7. The molecule has 2 nitrogen and oxygen atoms in total. The number of halogens is 5. The fraction of sp³-hybridized carbons (Fsp3) is 0.308. The third-order valence-electron chi connectivity index (χ3n) is 2.90. The normalized spacial score (nSPS) is 11.9. The minimum Gasteiger partial charge on any atom is -0.384 e. The van der Waals surface area contributed by atoms with Gasteiger partial charge in [0.05, 0.1) is 11.1 Å². The number of hydrogen-bond donors (Lipinski definition) is 1. The van der Waals surface area contributed by atoms with E-state index >= 15 is 0 Å². The summed E-state index contributed by atoms with van der Waals surface area (Å²) in [5.41, 5.74) is -2.18. The first-order valence-corrected chi connectivity index (χ1v) is 5.86. The third kappa shape index (κ3) is 2.28. The lowest BCUT2D eigenvalue weighted by Crippen LogP contribution is -2.14. The number of fused-ring (bicyclic) bond motifs is 1. The molecular formula is C13H11F5N2. The van der Waals surface area contributed by atoms with Gasteiger partial charge in [-0.1, -0.05) is 0 Å². The predicted octanol–water partition coefficient (Wildman–Crippen LogP) is 4.27. The molecule has 0 radical (unpaired) electrons. The van der Waals surface area contributed by atoms with Crippen molar-refractivity contribution >= 4 is 16.6 Å². The highest BCUT2D eigenvalue weighted by Crippen LogP contribution is 2.38. The Balaban J connectivity index is 2.95. The summed E-state index contributed by atoms with van der Waals surface area (Å²) < 4.78 is 66.3. The topological polar surface area (TPSA) is 24.9 Å². The monoisotopic (exact) mass is 290 g/mol. The second-order valence-corrected chi connectivity index (χ2v) is 4.24. The van der Waals surface area contributed by atoms with E-state index in [1.165, 1.54) is 6.92 Å². The molecule has 0 saturated carbocycles. The summed E-state index contributed by atoms with van der Waals surface area (Å²) in [6.45, 7) is 3.10. The van der Waals surface area contributed by atoms with Crippen molar-refractivity contribution in [3.8, 4) is 0 Å². The molecule has 0 saturated heterocycles. The van der Waals surface area contributed by atoms with Crippen LogP contribution < -0.4 is 5.32 Å². The molecule has 0 aliphatic rings. The van der Waals surface area contributed by atoms with Gasteiger partial charge >= 0.3 is 6.18 Å². The summed E-state index contributed by atoms with van der Waals surface area (Å²) in [6.07, 6.45) is -4.73. The molecule has 1 aromatic heterocycles. The van der Waals surface area contributed by atoms with Gasteiger partial charge in [-0.05, 0) is 26.0 Å². The Morgan fingerprint density at radius 2 is 1.75 bits per heavy atom. The van der Waals surface area contributed by atoms with Crippen molar-refractivity contribution in [2.75, 3.05) is 11.9 Å². The van der Waals surface area contributed by atoms with Crippen LogP contribution >= 0.6 is 0 Å². The Hall–Kier alpha value is -1.92. The molecule has 0 bridgehead atoms. The molecule has 0 fully saturated rings. The van der Waals surface area contributed by atoms with Gasteiger partial charge in [-0.15, -0.1) is 0 Å². The summed E-state index contributed by atoms with van der Waals surface area (Å²) in [4.78, 5) is 3.27. The van der Waals surface area contributed by atoms with E-state index in [1.54, 1.807) is 6.92 Å². The summed E-state index contributed by atoms with van der Waals surface area (Å²) in [5.74, 6) is -1.81. The number of pyridine rings is 1. The quantitative estimate of drug-likeness (QED) is 0.835. The zero-order valence-electron chi connectivity index (χ0n) is 10.7. The van der Waals surface area contributed by atoms with Crippen molar-refractivity contribution in [2.24, 2.45) is 0 Å². The van der Waals surface area contributed by atoms with Gasteiger partial charge in [-0.3, -0.25) is 0 Å². The molecule has 2 aromatic rings. The number of nitrogens with one attached hydrogen (secondary N) is 1. The number of hydrogen-bond acceptors (Lipinski definition) is 2. The lowest BCUT2D eigenvalue weighted by molar-refractivity contribution is -0.141. The van der Waals surface area contributed by atoms with Gasteiger partial charge in [0.15, 0.2) is 0 Å². The molecule has 108 valence electrons. The molecule has 1 N–H and O–H groups in total. The minimum absolute atomic E-state index is 0.0816. The summed E-state index contributed by atoms with van der Waals surface area (Å²) in [7, 11) is 0. The predicted molar refractivity (Wildman–Crippen MR) is 65.6 cm³/mol. The summed E-state index contributed by atoms with van der Waals surface area (Å²) >= 11 is 0. The van der Waals surface area contributed by atoms with Crippen LogP contribution in [-0.2, 0) is 6.18 Å². The number of anilines is 1. The van der Waals surface area contributed by atoms with Gasteiger partial charge < -0.3 is 5.32 Å². The van der Waals surface area contributed by atoms with E-state index < -0.39 is 29.0 Å². The molecule has 20 heavy (non-hydrogen) atoms. The van der Waals surface area contributed by atoms with Crippen LogP contribution in [0.5, 0.6) is 0 Å². The first-order chi connectivity index (χ1) is 9.27. The molecule has 2 rings (SSSR count). The van der Waals surface area contributed by atoms with E-state index in [4.69, 9.17) is 0 Å². The molecule has 0 atom stereocenters. The van der Waals surface area contributed by atoms with E-state index in [0.717, 1.165) is 12.1 Å². The smallest absolute Gasteiger partial charge is 0.384 e. The minimum atomic E-state index is -4.73. The maximum atomic E-state index is 13.8. The zero-order chi connectivity index (χ0) is 15.1. The van der Waals surface area contributed by atoms with E-state index in [2.05, 4.69) is 10.3 Å². The SMILES string of the molecule is CCNc1c(C)c(C(F)(F)F)nc2c(F)ccc(F)c12. The second-order valence-electron chi connectivity index (χ2n) is 4.24. The van der Waals surface area contributed by atoms with Gasteiger partial charge in [0.25, 0.3) is 0 Å². The van der Waals surface area contributed by atoms with Crippen molar-refractivity contribution in [3.63, 3.8) is 0 Å². The maximum Gasteiger partial charge on any atom is 0.433 e. The summed E-state index contributed by atoms with van der Waals surface area (Å²) in [6, 6.07) is 1.63.